The number of para-hydroxylation sites is 1. The minimum Gasteiger partial charge on any atom is -0.494 e. The second kappa shape index (κ2) is 15.9. The Hall–Kier alpha value is -1.84. The van der Waals surface area contributed by atoms with E-state index in [4.69, 9.17) is 19.2 Å². The largest absolute Gasteiger partial charge is 0.494 e. The van der Waals surface area contributed by atoms with E-state index in [1.807, 2.05) is 30.3 Å². The third-order valence-corrected chi connectivity index (χ3v) is 5.07. The summed E-state index contributed by atoms with van der Waals surface area (Å²) in [5.74, 6) is 1.74. The van der Waals surface area contributed by atoms with Gasteiger partial charge in [0.25, 0.3) is 0 Å². The number of rotatable bonds is 11. The number of aliphatic imine (C=N–C) groups is 1. The van der Waals surface area contributed by atoms with Gasteiger partial charge in [0.15, 0.2) is 5.96 Å². The van der Waals surface area contributed by atoms with Crippen molar-refractivity contribution in [2.45, 2.75) is 45.4 Å². The van der Waals surface area contributed by atoms with E-state index in [0.29, 0.717) is 25.9 Å². The Kier molecular flexibility index (Phi) is 13.1. The summed E-state index contributed by atoms with van der Waals surface area (Å²) in [4.78, 5) is 4.70. The fourth-order valence-corrected chi connectivity index (χ4v) is 3.30. The molecule has 7 heteroatoms. The second-order valence-corrected chi connectivity index (χ2v) is 7.58. The first-order chi connectivity index (χ1) is 15.3. The maximum Gasteiger partial charge on any atom is 0.191 e. The van der Waals surface area contributed by atoms with Gasteiger partial charge in [-0.1, -0.05) is 42.5 Å². The van der Waals surface area contributed by atoms with Crippen LogP contribution < -0.4 is 15.4 Å². The van der Waals surface area contributed by atoms with Crippen molar-refractivity contribution < 1.29 is 14.2 Å². The van der Waals surface area contributed by atoms with E-state index in [-0.39, 0.29) is 24.0 Å². The van der Waals surface area contributed by atoms with Gasteiger partial charge in [0.05, 0.1) is 25.9 Å². The van der Waals surface area contributed by atoms with E-state index in [9.17, 15) is 0 Å². The van der Waals surface area contributed by atoms with Crippen LogP contribution in [0, 0.1) is 0 Å². The first-order valence-electron chi connectivity index (χ1n) is 11.3. The number of hydrogen-bond acceptors (Lipinski definition) is 4. The van der Waals surface area contributed by atoms with Gasteiger partial charge in [-0.25, -0.2) is 4.99 Å². The van der Waals surface area contributed by atoms with Crippen LogP contribution in [-0.4, -0.2) is 45.0 Å². The molecule has 2 N–H and O–H groups in total. The van der Waals surface area contributed by atoms with Crippen LogP contribution in [0.4, 0.5) is 0 Å². The molecule has 1 fully saturated rings. The Morgan fingerprint density at radius 3 is 2.44 bits per heavy atom. The molecule has 0 bridgehead atoms. The van der Waals surface area contributed by atoms with Crippen LogP contribution >= 0.6 is 24.0 Å². The molecule has 176 valence electrons. The molecule has 1 aliphatic heterocycles. The number of guanidine groups is 1. The highest BCUT2D eigenvalue weighted by atomic mass is 127. The average Bonchev–Trinajstić information content (AvgIpc) is 2.83. The average molecular weight is 553 g/mol. The van der Waals surface area contributed by atoms with Crippen molar-refractivity contribution in [3.8, 4) is 5.75 Å². The van der Waals surface area contributed by atoms with Gasteiger partial charge in [-0.15, -0.1) is 24.0 Å². The van der Waals surface area contributed by atoms with Crippen molar-refractivity contribution in [1.29, 1.82) is 0 Å². The molecule has 32 heavy (non-hydrogen) atoms. The lowest BCUT2D eigenvalue weighted by Gasteiger charge is -2.22. The number of nitrogens with one attached hydrogen (secondary N) is 2. The van der Waals surface area contributed by atoms with E-state index in [2.05, 4.69) is 41.8 Å². The standard InChI is InChI=1S/C25H35N3O3.HI/c1-2-26-25(27-15-6-16-30-23-7-4-3-5-8-23)28-19-21-9-11-22(12-10-21)20-31-24-13-17-29-18-14-24;/h3-5,7-12,24H,2,6,13-20H2,1H3,(H2,26,27,28);1H. The molecular weight excluding hydrogens is 517 g/mol. The molecule has 2 aromatic carbocycles. The molecule has 0 saturated carbocycles. The van der Waals surface area contributed by atoms with E-state index in [1.54, 1.807) is 0 Å². The van der Waals surface area contributed by atoms with Gasteiger partial charge in [0, 0.05) is 26.3 Å². The molecule has 0 amide bonds. The lowest BCUT2D eigenvalue weighted by atomic mass is 10.1. The highest BCUT2D eigenvalue weighted by Crippen LogP contribution is 2.14. The zero-order valence-electron chi connectivity index (χ0n) is 18.9. The molecule has 3 rings (SSSR count). The number of ether oxygens (including phenoxy) is 3. The molecule has 2 aromatic rings. The van der Waals surface area contributed by atoms with Crippen LogP contribution in [0.1, 0.15) is 37.3 Å². The first-order valence-corrected chi connectivity index (χ1v) is 11.3. The van der Waals surface area contributed by atoms with Gasteiger partial charge in [-0.05, 0) is 49.4 Å². The monoisotopic (exact) mass is 553 g/mol. The topological polar surface area (TPSA) is 64.1 Å². The van der Waals surface area contributed by atoms with Crippen molar-refractivity contribution in [3.05, 3.63) is 65.7 Å². The number of benzene rings is 2. The summed E-state index contributed by atoms with van der Waals surface area (Å²) in [6.07, 6.45) is 3.21. The molecule has 1 saturated heterocycles. The lowest BCUT2D eigenvalue weighted by molar-refractivity contribution is -0.0390. The van der Waals surface area contributed by atoms with E-state index < -0.39 is 0 Å². The number of hydrogen-bond donors (Lipinski definition) is 2. The normalized spacial score (nSPS) is 14.5. The van der Waals surface area contributed by atoms with Gasteiger partial charge >= 0.3 is 0 Å². The lowest BCUT2D eigenvalue weighted by Crippen LogP contribution is -2.38. The molecule has 0 aliphatic carbocycles. The van der Waals surface area contributed by atoms with Crippen molar-refractivity contribution >= 4 is 29.9 Å². The van der Waals surface area contributed by atoms with Gasteiger partial charge in [-0.2, -0.15) is 0 Å². The SMILES string of the molecule is CCNC(=NCc1ccc(COC2CCOCC2)cc1)NCCCOc1ccccc1.I. The smallest absolute Gasteiger partial charge is 0.191 e. The Balaban J connectivity index is 0.00000363. The number of halogens is 1. The quantitative estimate of drug-likeness (QED) is 0.186. The van der Waals surface area contributed by atoms with Crippen molar-refractivity contribution in [3.63, 3.8) is 0 Å². The molecule has 0 aromatic heterocycles. The van der Waals surface area contributed by atoms with E-state index >= 15 is 0 Å². The van der Waals surface area contributed by atoms with Crippen LogP contribution in [0.25, 0.3) is 0 Å². The minimum atomic E-state index is 0. The summed E-state index contributed by atoms with van der Waals surface area (Å²) in [5.41, 5.74) is 2.38. The summed E-state index contributed by atoms with van der Waals surface area (Å²) in [6, 6.07) is 18.4. The van der Waals surface area contributed by atoms with Gasteiger partial charge in [0.2, 0.25) is 0 Å². The van der Waals surface area contributed by atoms with E-state index in [1.165, 1.54) is 11.1 Å². The Morgan fingerprint density at radius 2 is 1.72 bits per heavy atom. The summed E-state index contributed by atoms with van der Waals surface area (Å²) in [7, 11) is 0. The summed E-state index contributed by atoms with van der Waals surface area (Å²) >= 11 is 0. The molecule has 0 spiro atoms. The van der Waals surface area contributed by atoms with Crippen LogP contribution in [0.3, 0.4) is 0 Å². The third kappa shape index (κ3) is 10.2. The molecule has 0 atom stereocenters. The van der Waals surface area contributed by atoms with Crippen LogP contribution in [0.5, 0.6) is 5.75 Å². The maximum atomic E-state index is 5.99. The summed E-state index contributed by atoms with van der Waals surface area (Å²) in [5, 5.41) is 6.67. The highest BCUT2D eigenvalue weighted by Gasteiger charge is 2.13. The Bertz CT molecular complexity index is 766. The second-order valence-electron chi connectivity index (χ2n) is 7.58. The van der Waals surface area contributed by atoms with Crippen LogP contribution in [0.15, 0.2) is 59.6 Å². The number of nitrogens with zero attached hydrogens (tertiary/aromatic N) is 1. The van der Waals surface area contributed by atoms with Gasteiger partial charge in [0.1, 0.15) is 5.75 Å². The predicted octanol–water partition coefficient (Wildman–Crippen LogP) is 4.52. The van der Waals surface area contributed by atoms with Crippen molar-refractivity contribution in [2.75, 3.05) is 32.9 Å². The highest BCUT2D eigenvalue weighted by molar-refractivity contribution is 14.0. The Labute approximate surface area is 209 Å². The van der Waals surface area contributed by atoms with Crippen LogP contribution in [0.2, 0.25) is 0 Å². The zero-order chi connectivity index (χ0) is 21.6. The van der Waals surface area contributed by atoms with Gasteiger partial charge < -0.3 is 24.8 Å². The summed E-state index contributed by atoms with van der Waals surface area (Å²) in [6.45, 7) is 7.29. The predicted molar refractivity (Wildman–Crippen MR) is 140 cm³/mol. The summed E-state index contributed by atoms with van der Waals surface area (Å²) < 4.78 is 17.1. The third-order valence-electron chi connectivity index (χ3n) is 5.07. The van der Waals surface area contributed by atoms with Gasteiger partial charge in [-0.3, -0.25) is 0 Å². The molecular formula is C25H36IN3O3. The molecule has 1 aliphatic rings. The van der Waals surface area contributed by atoms with Crippen LogP contribution in [-0.2, 0) is 22.6 Å². The zero-order valence-corrected chi connectivity index (χ0v) is 21.3. The fourth-order valence-electron chi connectivity index (χ4n) is 3.30. The molecule has 1 heterocycles. The van der Waals surface area contributed by atoms with Crippen molar-refractivity contribution in [1.82, 2.24) is 10.6 Å². The first kappa shape index (κ1) is 26.4. The maximum absolute atomic E-state index is 5.99. The molecule has 6 nitrogen and oxygen atoms in total. The molecule has 0 unspecified atom stereocenters. The fraction of sp³-hybridized carbons (Fsp3) is 0.480. The Morgan fingerprint density at radius 1 is 1.00 bits per heavy atom. The van der Waals surface area contributed by atoms with Crippen molar-refractivity contribution in [2.24, 2.45) is 4.99 Å². The van der Waals surface area contributed by atoms with E-state index in [0.717, 1.165) is 57.3 Å². The minimum absolute atomic E-state index is 0. The molecule has 0 radical (unpaired) electrons.